The molecule has 3 N–H and O–H groups in total. The highest BCUT2D eigenvalue weighted by Crippen LogP contribution is 2.77. The third-order valence-corrected chi connectivity index (χ3v) is 15.0. The van der Waals surface area contributed by atoms with Crippen LogP contribution in [-0.4, -0.2) is 16.6 Å². The van der Waals surface area contributed by atoms with E-state index in [4.69, 9.17) is 5.73 Å². The van der Waals surface area contributed by atoms with Crippen LogP contribution in [0, 0.1) is 57.2 Å². The second-order valence-electron chi connectivity index (χ2n) is 16.7. The number of hydrogen-bond acceptors (Lipinski definition) is 2. The van der Waals surface area contributed by atoms with E-state index >= 15 is 0 Å². The van der Waals surface area contributed by atoms with Crippen LogP contribution in [0.4, 0.5) is 0 Å². The summed E-state index contributed by atoms with van der Waals surface area (Å²) in [7, 11) is 0. The molecule has 0 spiro atoms. The van der Waals surface area contributed by atoms with Crippen LogP contribution in [-0.2, 0) is 0 Å². The van der Waals surface area contributed by atoms with E-state index in [0.717, 1.165) is 23.7 Å². The van der Waals surface area contributed by atoms with Crippen LogP contribution in [0.15, 0.2) is 24.3 Å². The number of aromatic carboxylic acids is 1. The average molecular weight is 534 g/mol. The lowest BCUT2D eigenvalue weighted by Gasteiger charge is -2.73. The van der Waals surface area contributed by atoms with Crippen LogP contribution in [0.1, 0.15) is 135 Å². The zero-order chi connectivity index (χ0) is 28.2. The molecule has 0 heterocycles. The Kier molecular flexibility index (Phi) is 6.29. The largest absolute Gasteiger partial charge is 0.478 e. The summed E-state index contributed by atoms with van der Waals surface area (Å²) in [6.45, 7) is 18.1. The molecule has 5 aliphatic rings. The number of carboxylic acid groups (broad SMARTS) is 1. The summed E-state index contributed by atoms with van der Waals surface area (Å²) in [6, 6.07) is 7.84. The van der Waals surface area contributed by atoms with Crippen LogP contribution in [0.5, 0.6) is 0 Å². The van der Waals surface area contributed by atoms with Gasteiger partial charge in [-0.1, -0.05) is 60.6 Å². The van der Waals surface area contributed by atoms with E-state index in [1.54, 1.807) is 0 Å². The monoisotopic (exact) mass is 533 g/mol. The van der Waals surface area contributed by atoms with Gasteiger partial charge in [-0.25, -0.2) is 4.79 Å². The maximum atomic E-state index is 11.5. The van der Waals surface area contributed by atoms with Gasteiger partial charge in [-0.3, -0.25) is 0 Å². The predicted molar refractivity (Wildman–Crippen MR) is 160 cm³/mol. The first-order valence-electron chi connectivity index (χ1n) is 16.3. The molecule has 0 unspecified atom stereocenters. The maximum absolute atomic E-state index is 11.5. The quantitative estimate of drug-likeness (QED) is 0.408. The molecule has 3 heteroatoms. The standard InChI is InChI=1S/C36H55NO2/c1-22(2)25-14-19-36(37)21-20-34(6)27(30(25)36)12-13-29-33(5)17-15-26(23-8-10-24(11-9-23)31(38)39)32(3,4)28(33)16-18-35(29,34)7/h8-11,22,25-30H,12-21,37H2,1-7H3,(H,38,39)/t25-,26-,27+,28-,29+,30+,33-,34+,35+,36-/m0/s1. The minimum atomic E-state index is -0.834. The van der Waals surface area contributed by atoms with Crippen molar-refractivity contribution in [2.24, 2.45) is 62.9 Å². The molecule has 0 aliphatic heterocycles. The Bertz CT molecular complexity index is 1120. The summed E-state index contributed by atoms with van der Waals surface area (Å²) in [4.78, 5) is 11.5. The normalized spacial score (nSPS) is 48.5. The van der Waals surface area contributed by atoms with Gasteiger partial charge in [-0.15, -0.1) is 0 Å². The molecule has 0 bridgehead atoms. The fourth-order valence-corrected chi connectivity index (χ4v) is 12.9. The van der Waals surface area contributed by atoms with Crippen molar-refractivity contribution in [1.29, 1.82) is 0 Å². The number of benzene rings is 1. The fraction of sp³-hybridized carbons (Fsp3) is 0.806. The topological polar surface area (TPSA) is 63.3 Å². The molecule has 0 amide bonds. The van der Waals surface area contributed by atoms with Gasteiger partial charge in [-0.2, -0.15) is 0 Å². The van der Waals surface area contributed by atoms with Gasteiger partial charge in [0, 0.05) is 5.54 Å². The van der Waals surface area contributed by atoms with E-state index < -0.39 is 5.97 Å². The molecular formula is C36H55NO2. The van der Waals surface area contributed by atoms with Crippen LogP contribution in [0.2, 0.25) is 0 Å². The van der Waals surface area contributed by atoms with Crippen molar-refractivity contribution in [1.82, 2.24) is 0 Å². The number of fused-ring (bicyclic) bond motifs is 7. The minimum absolute atomic E-state index is 0.0830. The molecule has 0 radical (unpaired) electrons. The van der Waals surface area contributed by atoms with Gasteiger partial charge in [0.05, 0.1) is 5.56 Å². The molecule has 5 saturated carbocycles. The average Bonchev–Trinajstić information content (AvgIpc) is 3.22. The Hall–Kier alpha value is -1.35. The Balaban J connectivity index is 1.32. The number of carboxylic acids is 1. The van der Waals surface area contributed by atoms with Gasteiger partial charge < -0.3 is 10.8 Å². The lowest BCUT2D eigenvalue weighted by molar-refractivity contribution is -0.233. The lowest BCUT2D eigenvalue weighted by atomic mass is 9.32. The first kappa shape index (κ1) is 27.8. The molecule has 216 valence electrons. The Morgan fingerprint density at radius 1 is 0.821 bits per heavy atom. The smallest absolute Gasteiger partial charge is 0.335 e. The molecule has 5 fully saturated rings. The Morgan fingerprint density at radius 3 is 2.15 bits per heavy atom. The highest BCUT2D eigenvalue weighted by molar-refractivity contribution is 5.87. The summed E-state index contributed by atoms with van der Waals surface area (Å²) in [6.07, 6.45) is 13.1. The van der Waals surface area contributed by atoms with Crippen molar-refractivity contribution in [3.05, 3.63) is 35.4 Å². The first-order valence-corrected chi connectivity index (χ1v) is 16.3. The fourth-order valence-electron chi connectivity index (χ4n) is 12.9. The van der Waals surface area contributed by atoms with Crippen molar-refractivity contribution in [2.75, 3.05) is 0 Å². The molecule has 39 heavy (non-hydrogen) atoms. The molecule has 1 aromatic rings. The minimum Gasteiger partial charge on any atom is -0.478 e. The van der Waals surface area contributed by atoms with Crippen LogP contribution in [0.3, 0.4) is 0 Å². The molecule has 0 saturated heterocycles. The summed E-state index contributed by atoms with van der Waals surface area (Å²) in [5.41, 5.74) is 10.5. The molecular weight excluding hydrogens is 478 g/mol. The molecule has 3 nitrogen and oxygen atoms in total. The number of rotatable bonds is 3. The van der Waals surface area contributed by atoms with Gasteiger partial charge in [0.2, 0.25) is 0 Å². The maximum Gasteiger partial charge on any atom is 0.335 e. The summed E-state index contributed by atoms with van der Waals surface area (Å²) >= 11 is 0. The van der Waals surface area contributed by atoms with E-state index in [0.29, 0.717) is 39.6 Å². The van der Waals surface area contributed by atoms with Crippen molar-refractivity contribution < 1.29 is 9.90 Å². The van der Waals surface area contributed by atoms with Gasteiger partial charge in [0.25, 0.3) is 0 Å². The van der Waals surface area contributed by atoms with Crippen LogP contribution in [0.25, 0.3) is 0 Å². The second-order valence-corrected chi connectivity index (χ2v) is 16.7. The number of nitrogens with two attached hydrogens (primary N) is 1. The molecule has 6 rings (SSSR count). The zero-order valence-electron chi connectivity index (χ0n) is 25.9. The van der Waals surface area contributed by atoms with Crippen molar-refractivity contribution >= 4 is 5.97 Å². The first-order chi connectivity index (χ1) is 18.2. The lowest BCUT2D eigenvalue weighted by Crippen LogP contribution is -2.68. The van der Waals surface area contributed by atoms with Crippen LogP contribution < -0.4 is 5.73 Å². The molecule has 10 atom stereocenters. The van der Waals surface area contributed by atoms with Gasteiger partial charge in [0.15, 0.2) is 0 Å². The highest BCUT2D eigenvalue weighted by atomic mass is 16.4. The SMILES string of the molecule is CC(C)[C@@H]1CC[C@]2(N)CC[C@]3(C)[C@H](CC[C@@H]4[C@@]5(C)CC[C@@H](c6ccc(C(=O)O)cc6)C(C)(C)[C@@H]5CC[C@]43C)[C@@H]12. The van der Waals surface area contributed by atoms with Gasteiger partial charge in [-0.05, 0) is 145 Å². The van der Waals surface area contributed by atoms with E-state index in [1.807, 2.05) is 12.1 Å². The van der Waals surface area contributed by atoms with E-state index in [-0.39, 0.29) is 11.0 Å². The van der Waals surface area contributed by atoms with Gasteiger partial charge >= 0.3 is 5.97 Å². The summed E-state index contributed by atoms with van der Waals surface area (Å²) in [5, 5.41) is 9.41. The van der Waals surface area contributed by atoms with Gasteiger partial charge in [0.1, 0.15) is 0 Å². The number of hydrogen-bond donors (Lipinski definition) is 2. The third kappa shape index (κ3) is 3.66. The molecule has 5 aliphatic carbocycles. The summed E-state index contributed by atoms with van der Waals surface area (Å²) in [5.74, 6) is 4.17. The van der Waals surface area contributed by atoms with Crippen LogP contribution >= 0.6 is 0 Å². The van der Waals surface area contributed by atoms with E-state index in [2.05, 4.69) is 60.6 Å². The molecule has 1 aromatic carbocycles. The Labute approximate surface area is 238 Å². The Morgan fingerprint density at radius 2 is 1.51 bits per heavy atom. The highest BCUT2D eigenvalue weighted by Gasteiger charge is 2.70. The third-order valence-electron chi connectivity index (χ3n) is 15.0. The van der Waals surface area contributed by atoms with E-state index in [1.165, 1.54) is 69.8 Å². The molecule has 0 aromatic heterocycles. The van der Waals surface area contributed by atoms with Crippen molar-refractivity contribution in [3.63, 3.8) is 0 Å². The summed E-state index contributed by atoms with van der Waals surface area (Å²) < 4.78 is 0. The zero-order valence-corrected chi connectivity index (χ0v) is 25.9. The van der Waals surface area contributed by atoms with E-state index in [9.17, 15) is 9.90 Å². The van der Waals surface area contributed by atoms with Crippen molar-refractivity contribution in [3.8, 4) is 0 Å². The second kappa shape index (κ2) is 8.83. The number of carbonyl (C=O) groups is 1. The van der Waals surface area contributed by atoms with Crippen molar-refractivity contribution in [2.45, 2.75) is 124 Å². The predicted octanol–water partition coefficient (Wildman–Crippen LogP) is 8.92.